The minimum absolute atomic E-state index is 0.145. The number of para-hydroxylation sites is 1. The predicted molar refractivity (Wildman–Crippen MR) is 113 cm³/mol. The van der Waals surface area contributed by atoms with E-state index < -0.39 is 14.3 Å². The van der Waals surface area contributed by atoms with E-state index in [9.17, 15) is 4.79 Å². The number of benzene rings is 2. The van der Waals surface area contributed by atoms with E-state index in [2.05, 4.69) is 38.9 Å². The van der Waals surface area contributed by atoms with E-state index in [0.717, 1.165) is 16.8 Å². The van der Waals surface area contributed by atoms with Crippen LogP contribution in [0.2, 0.25) is 18.1 Å². The maximum atomic E-state index is 12.0. The van der Waals surface area contributed by atoms with Crippen molar-refractivity contribution in [3.05, 3.63) is 65.7 Å². The average Bonchev–Trinajstić information content (AvgIpc) is 2.63. The number of ether oxygens (including phenoxy) is 1. The predicted octanol–water partition coefficient (Wildman–Crippen LogP) is 5.65. The van der Waals surface area contributed by atoms with Gasteiger partial charge in [0.1, 0.15) is 12.8 Å². The molecule has 27 heavy (non-hydrogen) atoms. The van der Waals surface area contributed by atoms with Crippen LogP contribution in [0.25, 0.3) is 0 Å². The lowest BCUT2D eigenvalue weighted by atomic mass is 10.2. The topological polar surface area (TPSA) is 47.9 Å². The zero-order chi connectivity index (χ0) is 19.9. The highest BCUT2D eigenvalue weighted by Crippen LogP contribution is 2.37. The SMILES string of the molecule is CC(C)(C)[Si](C)(C)OCc1ccccc1N=CC(=O)OCc1ccccc1. The smallest absolute Gasteiger partial charge is 0.349 e. The molecule has 0 fully saturated rings. The van der Waals surface area contributed by atoms with Crippen molar-refractivity contribution in [2.75, 3.05) is 0 Å². The number of carbonyl (C=O) groups excluding carboxylic acids is 1. The average molecular weight is 384 g/mol. The van der Waals surface area contributed by atoms with Gasteiger partial charge in [0.2, 0.25) is 0 Å². The van der Waals surface area contributed by atoms with Gasteiger partial charge in [-0.3, -0.25) is 0 Å². The van der Waals surface area contributed by atoms with Crippen LogP contribution in [0.15, 0.2) is 59.6 Å². The summed E-state index contributed by atoms with van der Waals surface area (Å²) in [6.07, 6.45) is 1.23. The van der Waals surface area contributed by atoms with Crippen molar-refractivity contribution in [2.24, 2.45) is 4.99 Å². The lowest BCUT2D eigenvalue weighted by Crippen LogP contribution is -2.40. The lowest BCUT2D eigenvalue weighted by Gasteiger charge is -2.36. The fourth-order valence-corrected chi connectivity index (χ4v) is 3.07. The second-order valence-electron chi connectivity index (χ2n) is 8.03. The first-order chi connectivity index (χ1) is 12.7. The Morgan fingerprint density at radius 2 is 1.63 bits per heavy atom. The molecule has 0 radical (unpaired) electrons. The van der Waals surface area contributed by atoms with Crippen molar-refractivity contribution in [2.45, 2.75) is 52.1 Å². The highest BCUT2D eigenvalue weighted by atomic mass is 28.4. The zero-order valence-corrected chi connectivity index (χ0v) is 17.9. The van der Waals surface area contributed by atoms with Gasteiger partial charge in [0.05, 0.1) is 12.3 Å². The van der Waals surface area contributed by atoms with E-state index >= 15 is 0 Å². The molecule has 0 amide bonds. The quantitative estimate of drug-likeness (QED) is 0.352. The summed E-state index contributed by atoms with van der Waals surface area (Å²) in [5, 5.41) is 0.145. The Morgan fingerprint density at radius 3 is 2.30 bits per heavy atom. The van der Waals surface area contributed by atoms with Crippen molar-refractivity contribution in [1.29, 1.82) is 0 Å². The Hall–Kier alpha value is -2.24. The van der Waals surface area contributed by atoms with Gasteiger partial charge >= 0.3 is 5.97 Å². The third-order valence-corrected chi connectivity index (χ3v) is 9.40. The molecule has 2 rings (SSSR count). The number of nitrogens with zero attached hydrogens (tertiary/aromatic N) is 1. The van der Waals surface area contributed by atoms with Crippen LogP contribution >= 0.6 is 0 Å². The lowest BCUT2D eigenvalue weighted by molar-refractivity contribution is -0.136. The van der Waals surface area contributed by atoms with Crippen molar-refractivity contribution >= 4 is 26.2 Å². The van der Waals surface area contributed by atoms with E-state index in [1.165, 1.54) is 6.21 Å². The Kier molecular flexibility index (Phi) is 7.10. The third kappa shape index (κ3) is 6.45. The molecule has 144 valence electrons. The van der Waals surface area contributed by atoms with Crippen LogP contribution in [-0.4, -0.2) is 20.5 Å². The Morgan fingerprint density at radius 1 is 1.00 bits per heavy atom. The summed E-state index contributed by atoms with van der Waals surface area (Å²) >= 11 is 0. The molecule has 0 spiro atoms. The molecule has 0 aliphatic carbocycles. The summed E-state index contributed by atoms with van der Waals surface area (Å²) in [4.78, 5) is 16.3. The minimum atomic E-state index is -1.85. The molecule has 0 saturated heterocycles. The Balaban J connectivity index is 1.98. The largest absolute Gasteiger partial charge is 0.457 e. The molecule has 0 atom stereocenters. The van der Waals surface area contributed by atoms with Gasteiger partial charge in [0.25, 0.3) is 0 Å². The van der Waals surface area contributed by atoms with Gasteiger partial charge in [0, 0.05) is 5.56 Å². The van der Waals surface area contributed by atoms with Crippen molar-refractivity contribution in [3.8, 4) is 0 Å². The normalized spacial score (nSPS) is 12.3. The fraction of sp³-hybridized carbons (Fsp3) is 0.364. The van der Waals surface area contributed by atoms with E-state index in [4.69, 9.17) is 9.16 Å². The number of hydrogen-bond donors (Lipinski definition) is 0. The van der Waals surface area contributed by atoms with Crippen LogP contribution in [0.4, 0.5) is 5.69 Å². The monoisotopic (exact) mass is 383 g/mol. The standard InChI is InChI=1S/C22H29NO3Si/c1-22(2,3)27(4,5)26-17-19-13-9-10-14-20(19)23-15-21(24)25-16-18-11-7-6-8-12-18/h6-15H,16-17H2,1-5H3. The molecule has 0 aromatic heterocycles. The van der Waals surface area contributed by atoms with Crippen molar-refractivity contribution in [1.82, 2.24) is 0 Å². The molecule has 0 aliphatic heterocycles. The molecule has 0 heterocycles. The second kappa shape index (κ2) is 9.11. The molecule has 0 bridgehead atoms. The van der Waals surface area contributed by atoms with Crippen molar-refractivity contribution in [3.63, 3.8) is 0 Å². The molecule has 0 unspecified atom stereocenters. The molecule has 0 saturated carbocycles. The highest BCUT2D eigenvalue weighted by molar-refractivity contribution is 6.74. The van der Waals surface area contributed by atoms with Gasteiger partial charge in [-0.15, -0.1) is 0 Å². The van der Waals surface area contributed by atoms with E-state index in [1.807, 2.05) is 54.6 Å². The molecule has 4 nitrogen and oxygen atoms in total. The van der Waals surface area contributed by atoms with Crippen LogP contribution in [0.5, 0.6) is 0 Å². The number of rotatable bonds is 7. The second-order valence-corrected chi connectivity index (χ2v) is 12.8. The van der Waals surface area contributed by atoms with Gasteiger partial charge < -0.3 is 9.16 Å². The van der Waals surface area contributed by atoms with E-state index in [0.29, 0.717) is 6.61 Å². The summed E-state index contributed by atoms with van der Waals surface area (Å²) in [7, 11) is -1.85. The van der Waals surface area contributed by atoms with E-state index in [-0.39, 0.29) is 11.6 Å². The molecule has 2 aromatic rings. The van der Waals surface area contributed by atoms with Crippen LogP contribution < -0.4 is 0 Å². The third-order valence-electron chi connectivity index (χ3n) is 4.92. The van der Waals surface area contributed by atoms with Crippen LogP contribution in [-0.2, 0) is 27.2 Å². The van der Waals surface area contributed by atoms with Gasteiger partial charge in [0.15, 0.2) is 8.32 Å². The zero-order valence-electron chi connectivity index (χ0n) is 16.9. The summed E-state index contributed by atoms with van der Waals surface area (Å²) in [5.41, 5.74) is 2.64. The van der Waals surface area contributed by atoms with Crippen LogP contribution in [0.3, 0.4) is 0 Å². The first kappa shape index (κ1) is 21.1. The molecular formula is C22H29NO3Si. The maximum absolute atomic E-state index is 12.0. The molecule has 0 aliphatic rings. The van der Waals surface area contributed by atoms with Crippen molar-refractivity contribution < 1.29 is 14.0 Å². The summed E-state index contributed by atoms with van der Waals surface area (Å²) in [6.45, 7) is 11.8. The Bertz CT molecular complexity index is 780. The summed E-state index contributed by atoms with van der Waals surface area (Å²) < 4.78 is 11.5. The first-order valence-electron chi connectivity index (χ1n) is 9.16. The van der Waals surface area contributed by atoms with Gasteiger partial charge in [-0.1, -0.05) is 69.3 Å². The van der Waals surface area contributed by atoms with Gasteiger partial charge in [-0.05, 0) is 29.8 Å². The van der Waals surface area contributed by atoms with Gasteiger partial charge in [-0.25, -0.2) is 9.79 Å². The summed E-state index contributed by atoms with van der Waals surface area (Å²) in [6, 6.07) is 17.3. The van der Waals surface area contributed by atoms with Crippen LogP contribution in [0, 0.1) is 0 Å². The van der Waals surface area contributed by atoms with Gasteiger partial charge in [-0.2, -0.15) is 0 Å². The first-order valence-corrected chi connectivity index (χ1v) is 12.1. The fourth-order valence-electron chi connectivity index (χ4n) is 2.12. The minimum Gasteiger partial charge on any atom is -0.457 e. The number of hydrogen-bond acceptors (Lipinski definition) is 4. The van der Waals surface area contributed by atoms with E-state index in [1.54, 1.807) is 0 Å². The number of carbonyl (C=O) groups is 1. The molecule has 5 heteroatoms. The Labute approximate surface area is 163 Å². The molecular weight excluding hydrogens is 354 g/mol. The maximum Gasteiger partial charge on any atom is 0.349 e. The highest BCUT2D eigenvalue weighted by Gasteiger charge is 2.37. The summed E-state index contributed by atoms with van der Waals surface area (Å²) in [5.74, 6) is -0.459. The molecule has 2 aromatic carbocycles. The molecule has 0 N–H and O–H groups in total. The number of esters is 1. The van der Waals surface area contributed by atoms with Crippen LogP contribution in [0.1, 0.15) is 31.9 Å². The number of aliphatic imine (C=N–C) groups is 1.